The third kappa shape index (κ3) is 3.76. The zero-order chi connectivity index (χ0) is 12.3. The minimum Gasteiger partial charge on any atom is -0.391 e. The summed E-state index contributed by atoms with van der Waals surface area (Å²) in [4.78, 5) is 4.93. The molecule has 1 saturated carbocycles. The highest BCUT2D eigenvalue weighted by atomic mass is 19.4. The molecule has 0 spiro atoms. The van der Waals surface area contributed by atoms with Gasteiger partial charge in [0, 0.05) is 5.92 Å². The molecule has 0 N–H and O–H groups in total. The van der Waals surface area contributed by atoms with Crippen molar-refractivity contribution in [1.82, 2.24) is 0 Å². The highest BCUT2D eigenvalue weighted by Gasteiger charge is 2.29. The quantitative estimate of drug-likeness (QED) is 0.585. The van der Waals surface area contributed by atoms with Crippen LogP contribution < -0.4 is 0 Å². The molecule has 91 valence electrons. The van der Waals surface area contributed by atoms with Crippen LogP contribution >= 0.6 is 0 Å². The molecule has 1 aromatic carbocycles. The zero-order valence-corrected chi connectivity index (χ0v) is 9.00. The molecule has 0 saturated heterocycles. The lowest BCUT2D eigenvalue weighted by Gasteiger charge is -2.06. The standard InChI is InChI=1S/C12H11F3NO/c13-12(14,15)11-5-3-10(4-6-11)8-17-16-7-9-1-2-9/h3-6,9H,1-2,8H2. The second-order valence-electron chi connectivity index (χ2n) is 3.96. The van der Waals surface area contributed by atoms with Gasteiger partial charge < -0.3 is 4.84 Å². The first-order valence-corrected chi connectivity index (χ1v) is 5.29. The maximum absolute atomic E-state index is 12.3. The van der Waals surface area contributed by atoms with Gasteiger partial charge in [0.2, 0.25) is 0 Å². The predicted molar refractivity (Wildman–Crippen MR) is 56.4 cm³/mol. The van der Waals surface area contributed by atoms with Gasteiger partial charge in [-0.15, -0.1) is 0 Å². The summed E-state index contributed by atoms with van der Waals surface area (Å²) in [6.45, 7) is 0.165. The summed E-state index contributed by atoms with van der Waals surface area (Å²) >= 11 is 0. The molecule has 1 aromatic rings. The van der Waals surface area contributed by atoms with Crippen molar-refractivity contribution in [2.75, 3.05) is 0 Å². The summed E-state index contributed by atoms with van der Waals surface area (Å²) in [5.74, 6) is 0.405. The Morgan fingerprint density at radius 3 is 2.41 bits per heavy atom. The van der Waals surface area contributed by atoms with Crippen LogP contribution in [0.1, 0.15) is 24.0 Å². The summed E-state index contributed by atoms with van der Waals surface area (Å²) in [5.41, 5.74) is -0.00589. The van der Waals surface area contributed by atoms with E-state index < -0.39 is 11.7 Å². The molecular weight excluding hydrogens is 231 g/mol. The maximum Gasteiger partial charge on any atom is 0.416 e. The molecule has 0 atom stereocenters. The second-order valence-corrected chi connectivity index (χ2v) is 3.96. The first-order chi connectivity index (χ1) is 8.05. The van der Waals surface area contributed by atoms with Gasteiger partial charge in [-0.1, -0.05) is 17.3 Å². The van der Waals surface area contributed by atoms with Crippen LogP contribution in [0, 0.1) is 5.92 Å². The molecule has 5 heteroatoms. The molecule has 2 nitrogen and oxygen atoms in total. The molecule has 2 rings (SSSR count). The lowest BCUT2D eigenvalue weighted by Crippen LogP contribution is -2.04. The highest BCUT2D eigenvalue weighted by Crippen LogP contribution is 2.29. The van der Waals surface area contributed by atoms with Gasteiger partial charge in [-0.05, 0) is 30.5 Å². The molecule has 1 aliphatic rings. The highest BCUT2D eigenvalue weighted by molar-refractivity contribution is 5.62. The summed E-state index contributed by atoms with van der Waals surface area (Å²) in [6.07, 6.45) is 0.672. The Morgan fingerprint density at radius 1 is 1.24 bits per heavy atom. The Bertz CT molecular complexity index is 393. The molecule has 1 fully saturated rings. The van der Waals surface area contributed by atoms with Crippen molar-refractivity contribution in [2.45, 2.75) is 25.6 Å². The summed E-state index contributed by atoms with van der Waals surface area (Å²) < 4.78 is 36.8. The van der Waals surface area contributed by atoms with E-state index in [4.69, 9.17) is 4.84 Å². The summed E-state index contributed by atoms with van der Waals surface area (Å²) in [5, 5.41) is 3.63. The van der Waals surface area contributed by atoms with Crippen LogP contribution in [0.5, 0.6) is 0 Å². The number of nitrogens with zero attached hydrogens (tertiary/aromatic N) is 1. The average Bonchev–Trinajstić information content (AvgIpc) is 3.08. The molecule has 1 aliphatic carbocycles. The normalized spacial score (nSPS) is 16.4. The second kappa shape index (κ2) is 4.77. The molecule has 17 heavy (non-hydrogen) atoms. The van der Waals surface area contributed by atoms with Crippen LogP contribution in [0.25, 0.3) is 0 Å². The monoisotopic (exact) mass is 242 g/mol. The van der Waals surface area contributed by atoms with E-state index in [9.17, 15) is 13.2 Å². The van der Waals surface area contributed by atoms with Crippen LogP contribution in [-0.4, -0.2) is 6.21 Å². The third-order valence-electron chi connectivity index (χ3n) is 2.39. The first-order valence-electron chi connectivity index (χ1n) is 5.29. The third-order valence-corrected chi connectivity index (χ3v) is 2.39. The molecule has 0 heterocycles. The average molecular weight is 242 g/mol. The fourth-order valence-electron chi connectivity index (χ4n) is 1.22. The van der Waals surface area contributed by atoms with Crippen LogP contribution in [0.15, 0.2) is 29.4 Å². The number of hydrogen-bond acceptors (Lipinski definition) is 2. The summed E-state index contributed by atoms with van der Waals surface area (Å²) in [6, 6.07) is 4.84. The minimum absolute atomic E-state index is 0.165. The number of alkyl halides is 3. The molecule has 0 aromatic heterocycles. The van der Waals surface area contributed by atoms with Gasteiger partial charge in [0.15, 0.2) is 0 Å². The van der Waals surface area contributed by atoms with Gasteiger partial charge in [0.1, 0.15) is 12.8 Å². The number of halogens is 3. The number of rotatable bonds is 4. The van der Waals surface area contributed by atoms with E-state index in [2.05, 4.69) is 11.4 Å². The smallest absolute Gasteiger partial charge is 0.391 e. The van der Waals surface area contributed by atoms with Gasteiger partial charge in [0.25, 0.3) is 0 Å². The van der Waals surface area contributed by atoms with Gasteiger partial charge in [-0.3, -0.25) is 0 Å². The van der Waals surface area contributed by atoms with Crippen molar-refractivity contribution < 1.29 is 18.0 Å². The predicted octanol–water partition coefficient (Wildman–Crippen LogP) is 3.49. The van der Waals surface area contributed by atoms with Crippen LogP contribution in [0.2, 0.25) is 0 Å². The van der Waals surface area contributed by atoms with Crippen molar-refractivity contribution in [3.63, 3.8) is 0 Å². The van der Waals surface area contributed by atoms with E-state index in [1.54, 1.807) is 0 Å². The molecule has 1 radical (unpaired) electrons. The molecule has 0 unspecified atom stereocenters. The van der Waals surface area contributed by atoms with Crippen LogP contribution in [-0.2, 0) is 17.6 Å². The maximum atomic E-state index is 12.3. The van der Waals surface area contributed by atoms with Gasteiger partial charge in [-0.2, -0.15) is 13.2 Å². The number of benzene rings is 1. The van der Waals surface area contributed by atoms with Gasteiger partial charge >= 0.3 is 6.18 Å². The SMILES string of the molecule is FC(F)(F)c1ccc(CO/N=[C]\C2CC2)cc1. The zero-order valence-electron chi connectivity index (χ0n) is 9.00. The van der Waals surface area contributed by atoms with Crippen molar-refractivity contribution in [3.05, 3.63) is 35.4 Å². The van der Waals surface area contributed by atoms with Crippen molar-refractivity contribution in [3.8, 4) is 0 Å². The Kier molecular flexibility index (Phi) is 3.36. The minimum atomic E-state index is -4.29. The van der Waals surface area contributed by atoms with Gasteiger partial charge in [-0.25, -0.2) is 0 Å². The first kappa shape index (κ1) is 12.0. The van der Waals surface area contributed by atoms with Gasteiger partial charge in [0.05, 0.1) is 5.56 Å². The van der Waals surface area contributed by atoms with E-state index in [-0.39, 0.29) is 6.61 Å². The number of hydrogen-bond donors (Lipinski definition) is 0. The lowest BCUT2D eigenvalue weighted by molar-refractivity contribution is -0.137. The lowest BCUT2D eigenvalue weighted by atomic mass is 10.1. The van der Waals surface area contributed by atoms with E-state index in [1.165, 1.54) is 12.1 Å². The van der Waals surface area contributed by atoms with Crippen molar-refractivity contribution >= 4 is 6.21 Å². The van der Waals surface area contributed by atoms with Crippen LogP contribution in [0.3, 0.4) is 0 Å². The van der Waals surface area contributed by atoms with E-state index >= 15 is 0 Å². The largest absolute Gasteiger partial charge is 0.416 e. The van der Waals surface area contributed by atoms with E-state index in [0.717, 1.165) is 25.0 Å². The molecule has 0 amide bonds. The Morgan fingerprint density at radius 2 is 1.88 bits per heavy atom. The fraction of sp³-hybridized carbons (Fsp3) is 0.417. The van der Waals surface area contributed by atoms with E-state index in [1.807, 2.05) is 0 Å². The molecule has 0 bridgehead atoms. The summed E-state index contributed by atoms with van der Waals surface area (Å²) in [7, 11) is 0. The molecular formula is C12H11F3NO. The van der Waals surface area contributed by atoms with E-state index in [0.29, 0.717) is 11.5 Å². The Hall–Kier alpha value is -1.52. The van der Waals surface area contributed by atoms with Crippen molar-refractivity contribution in [2.24, 2.45) is 11.1 Å². The van der Waals surface area contributed by atoms with Crippen molar-refractivity contribution in [1.29, 1.82) is 0 Å². The van der Waals surface area contributed by atoms with Crippen LogP contribution in [0.4, 0.5) is 13.2 Å². The molecule has 0 aliphatic heterocycles. The topological polar surface area (TPSA) is 21.6 Å². The Labute approximate surface area is 97.1 Å². The fourth-order valence-corrected chi connectivity index (χ4v) is 1.22. The Balaban J connectivity index is 1.84.